The molecular formula is C43H33N3O. The van der Waals surface area contributed by atoms with Gasteiger partial charge in [-0.05, 0) is 68.0 Å². The number of anilines is 1. The standard InChI is InChI=1S/C43H33N3O/c44-26-34-27(17-11-22-39(34)45-35-18-6-2-13-29(35)30-14-3-7-19-36(30)45)28-12-1-8-20-37(28)46-38-21-9-4-15-31(38)32-24-25-41-42(43(32)46)33-16-5-10-23-40(33)47-41/h1-3,5-6,8-9,11-14,16-18,20-22,24-25,32,43H,4,7,10,15,19,23H2. The number of allylic oxidation sites excluding steroid dienone is 4. The Morgan fingerprint density at radius 1 is 0.723 bits per heavy atom. The number of aryl methyl sites for hydroxylation is 1. The van der Waals surface area contributed by atoms with Crippen LogP contribution in [0.25, 0.3) is 45.9 Å². The van der Waals surface area contributed by atoms with Crippen LogP contribution in [0.5, 0.6) is 0 Å². The molecule has 0 saturated carbocycles. The van der Waals surface area contributed by atoms with E-state index in [-0.39, 0.29) is 12.0 Å². The Morgan fingerprint density at radius 2 is 1.49 bits per heavy atom. The van der Waals surface area contributed by atoms with Crippen molar-refractivity contribution in [2.75, 3.05) is 4.90 Å². The monoisotopic (exact) mass is 607 g/mol. The molecule has 5 aliphatic rings. The maximum atomic E-state index is 11.0. The summed E-state index contributed by atoms with van der Waals surface area (Å²) in [5.41, 5.74) is 13.9. The summed E-state index contributed by atoms with van der Waals surface area (Å²) in [6.07, 6.45) is 24.4. The number of furan rings is 1. The predicted octanol–water partition coefficient (Wildman–Crippen LogP) is 10.5. The van der Waals surface area contributed by atoms with Crippen LogP contribution in [0, 0.1) is 17.2 Å². The number of hydrogen-bond donors (Lipinski definition) is 0. The van der Waals surface area contributed by atoms with E-state index in [0.717, 1.165) is 78.1 Å². The zero-order chi connectivity index (χ0) is 31.1. The molecule has 10 rings (SSSR count). The molecule has 0 fully saturated rings. The van der Waals surface area contributed by atoms with Gasteiger partial charge in [-0.3, -0.25) is 0 Å². The highest BCUT2D eigenvalue weighted by molar-refractivity contribution is 5.95. The van der Waals surface area contributed by atoms with Crippen molar-refractivity contribution in [2.24, 2.45) is 5.92 Å². The maximum absolute atomic E-state index is 11.0. The summed E-state index contributed by atoms with van der Waals surface area (Å²) in [6, 6.07) is 26.5. The number of para-hydroxylation sites is 2. The van der Waals surface area contributed by atoms with Gasteiger partial charge < -0.3 is 13.9 Å². The van der Waals surface area contributed by atoms with E-state index in [9.17, 15) is 5.26 Å². The first kappa shape index (κ1) is 26.7. The van der Waals surface area contributed by atoms with Gasteiger partial charge in [-0.2, -0.15) is 5.26 Å². The molecule has 3 heterocycles. The molecule has 1 aliphatic heterocycles. The lowest BCUT2D eigenvalue weighted by atomic mass is 9.80. The lowest BCUT2D eigenvalue weighted by Gasteiger charge is -2.35. The third-order valence-electron chi connectivity index (χ3n) is 10.8. The Bertz CT molecular complexity index is 2350. The lowest BCUT2D eigenvalue weighted by molar-refractivity contribution is 0.487. The molecule has 2 unspecified atom stereocenters. The quantitative estimate of drug-likeness (QED) is 0.205. The van der Waals surface area contributed by atoms with Gasteiger partial charge >= 0.3 is 0 Å². The topological polar surface area (TPSA) is 45.1 Å². The van der Waals surface area contributed by atoms with Gasteiger partial charge in [0.25, 0.3) is 0 Å². The van der Waals surface area contributed by atoms with Crippen molar-refractivity contribution in [3.63, 3.8) is 0 Å². The van der Waals surface area contributed by atoms with Crippen LogP contribution in [0.3, 0.4) is 0 Å². The third-order valence-corrected chi connectivity index (χ3v) is 10.8. The summed E-state index contributed by atoms with van der Waals surface area (Å²) in [4.78, 5) is 2.57. The van der Waals surface area contributed by atoms with E-state index in [2.05, 4.69) is 131 Å². The molecule has 0 bridgehead atoms. The van der Waals surface area contributed by atoms with E-state index in [4.69, 9.17) is 4.42 Å². The molecule has 2 aromatic heterocycles. The second-order valence-electron chi connectivity index (χ2n) is 13.2. The van der Waals surface area contributed by atoms with Crippen LogP contribution in [0.1, 0.15) is 71.2 Å². The first-order valence-electron chi connectivity index (χ1n) is 16.9. The number of fused-ring (bicyclic) bond motifs is 9. The third kappa shape index (κ3) is 3.74. The van der Waals surface area contributed by atoms with E-state index in [1.807, 2.05) is 0 Å². The fourth-order valence-corrected chi connectivity index (χ4v) is 8.91. The van der Waals surface area contributed by atoms with Gasteiger partial charge in [0.2, 0.25) is 0 Å². The number of nitriles is 1. The maximum Gasteiger partial charge on any atom is 0.132 e. The first-order valence-corrected chi connectivity index (χ1v) is 16.9. The number of hydrogen-bond acceptors (Lipinski definition) is 3. The zero-order valence-electron chi connectivity index (χ0n) is 26.1. The molecule has 4 aliphatic carbocycles. The molecule has 4 heteroatoms. The summed E-state index contributed by atoms with van der Waals surface area (Å²) in [5.74, 6) is 2.38. The molecule has 5 aromatic rings. The minimum Gasteiger partial charge on any atom is -0.461 e. The number of aromatic nitrogens is 1. The number of rotatable bonds is 3. The largest absolute Gasteiger partial charge is 0.461 e. The van der Waals surface area contributed by atoms with Gasteiger partial charge in [-0.25, -0.2) is 0 Å². The summed E-state index contributed by atoms with van der Waals surface area (Å²) in [7, 11) is 0. The van der Waals surface area contributed by atoms with Gasteiger partial charge in [0.05, 0.1) is 22.8 Å². The highest BCUT2D eigenvalue weighted by atomic mass is 16.3. The van der Waals surface area contributed by atoms with E-state index in [1.165, 1.54) is 39.0 Å². The molecule has 0 saturated heterocycles. The van der Waals surface area contributed by atoms with Crippen LogP contribution < -0.4 is 4.90 Å². The predicted molar refractivity (Wildman–Crippen MR) is 190 cm³/mol. The second-order valence-corrected chi connectivity index (χ2v) is 13.2. The van der Waals surface area contributed by atoms with Gasteiger partial charge in [0.15, 0.2) is 0 Å². The lowest BCUT2D eigenvalue weighted by Crippen LogP contribution is -2.28. The van der Waals surface area contributed by atoms with E-state index in [1.54, 1.807) is 0 Å². The molecule has 0 spiro atoms. The highest BCUT2D eigenvalue weighted by Gasteiger charge is 2.46. The number of nitrogens with zero attached hydrogens (tertiary/aromatic N) is 3. The first-order chi connectivity index (χ1) is 23.3. The Hall–Kier alpha value is -5.53. The molecule has 47 heavy (non-hydrogen) atoms. The number of benzene rings is 3. The van der Waals surface area contributed by atoms with Crippen LogP contribution in [0.2, 0.25) is 0 Å². The van der Waals surface area contributed by atoms with Gasteiger partial charge in [0.1, 0.15) is 17.6 Å². The Labute approximate surface area is 274 Å². The smallest absolute Gasteiger partial charge is 0.132 e. The van der Waals surface area contributed by atoms with Crippen molar-refractivity contribution in [1.29, 1.82) is 5.26 Å². The fourth-order valence-electron chi connectivity index (χ4n) is 8.91. The molecule has 0 radical (unpaired) electrons. The highest BCUT2D eigenvalue weighted by Crippen LogP contribution is 2.56. The SMILES string of the molecule is N#Cc1c(-c2ccccc2N2C3=C(CCC=C3)C3C=Cc4oc5c(c4C32)C=CCC5)cccc1-n1c2c(c3ccccc31)C=CCC2. The zero-order valence-corrected chi connectivity index (χ0v) is 26.1. The molecule has 0 N–H and O–H groups in total. The fraction of sp³-hybridized carbons (Fsp3) is 0.186. The van der Waals surface area contributed by atoms with Gasteiger partial charge in [-0.15, -0.1) is 0 Å². The average Bonchev–Trinajstić information content (AvgIpc) is 3.79. The Morgan fingerprint density at radius 3 is 2.43 bits per heavy atom. The minimum absolute atomic E-state index is 0.0973. The van der Waals surface area contributed by atoms with Crippen LogP contribution in [0.4, 0.5) is 5.69 Å². The van der Waals surface area contributed by atoms with Crippen molar-refractivity contribution in [1.82, 2.24) is 4.57 Å². The van der Waals surface area contributed by atoms with Crippen molar-refractivity contribution in [3.8, 4) is 22.9 Å². The molecule has 3 aromatic carbocycles. The van der Waals surface area contributed by atoms with Crippen LogP contribution in [0.15, 0.2) is 113 Å². The summed E-state index contributed by atoms with van der Waals surface area (Å²) < 4.78 is 8.86. The summed E-state index contributed by atoms with van der Waals surface area (Å²) in [6.45, 7) is 0. The Balaban J connectivity index is 1.19. The van der Waals surface area contributed by atoms with Gasteiger partial charge in [-0.1, -0.05) is 85.0 Å². The van der Waals surface area contributed by atoms with Crippen LogP contribution in [-0.2, 0) is 12.8 Å². The average molecular weight is 608 g/mol. The van der Waals surface area contributed by atoms with E-state index < -0.39 is 0 Å². The van der Waals surface area contributed by atoms with Crippen molar-refractivity contribution in [3.05, 3.63) is 148 Å². The van der Waals surface area contributed by atoms with E-state index >= 15 is 0 Å². The molecular weight excluding hydrogens is 574 g/mol. The second kappa shape index (κ2) is 10.2. The molecule has 0 amide bonds. The summed E-state index contributed by atoms with van der Waals surface area (Å²) in [5, 5.41) is 12.2. The molecule has 226 valence electrons. The van der Waals surface area contributed by atoms with E-state index in [0.29, 0.717) is 5.56 Å². The van der Waals surface area contributed by atoms with Crippen LogP contribution >= 0.6 is 0 Å². The minimum atomic E-state index is 0.0973. The van der Waals surface area contributed by atoms with Crippen molar-refractivity contribution < 1.29 is 4.42 Å². The van der Waals surface area contributed by atoms with Crippen LogP contribution in [-0.4, -0.2) is 4.57 Å². The summed E-state index contributed by atoms with van der Waals surface area (Å²) >= 11 is 0. The normalized spacial score (nSPS) is 20.2. The Kier molecular flexibility index (Phi) is 5.81. The van der Waals surface area contributed by atoms with Gasteiger partial charge in [0, 0.05) is 62.6 Å². The van der Waals surface area contributed by atoms with Crippen molar-refractivity contribution in [2.45, 2.75) is 44.6 Å². The molecule has 4 nitrogen and oxygen atoms in total. The molecule has 2 atom stereocenters. The van der Waals surface area contributed by atoms with Crippen molar-refractivity contribution >= 4 is 34.8 Å².